The Balaban J connectivity index is 1.75. The number of carbonyl (C=O) groups excluding carboxylic acids is 1. The molecule has 1 amide bonds. The number of aromatic amines is 1. The number of H-pyrrole nitrogens is 1. The van der Waals surface area contributed by atoms with E-state index < -0.39 is 5.91 Å². The number of fused-ring (bicyclic) bond motifs is 1. The number of benzene rings is 3. The second kappa shape index (κ2) is 10.9. The van der Waals surface area contributed by atoms with E-state index in [0.29, 0.717) is 17.7 Å². The van der Waals surface area contributed by atoms with Gasteiger partial charge in [-0.3, -0.25) is 4.79 Å². The van der Waals surface area contributed by atoms with E-state index in [2.05, 4.69) is 33.9 Å². The molecular weight excluding hydrogens is 448 g/mol. The molecule has 4 aromatic rings. The second-order valence-electron chi connectivity index (χ2n) is 9.20. The number of aliphatic imine (C=N–C) groups is 1. The summed E-state index contributed by atoms with van der Waals surface area (Å²) >= 11 is 0. The zero-order chi connectivity index (χ0) is 25.7. The lowest BCUT2D eigenvalue weighted by Crippen LogP contribution is -2.10. The van der Waals surface area contributed by atoms with Crippen LogP contribution >= 0.6 is 0 Å². The van der Waals surface area contributed by atoms with E-state index in [1.807, 2.05) is 81.7 Å². The lowest BCUT2D eigenvalue weighted by Gasteiger charge is -2.10. The van der Waals surface area contributed by atoms with Crippen LogP contribution in [-0.2, 0) is 17.8 Å². The Kier molecular flexibility index (Phi) is 7.53. The summed E-state index contributed by atoms with van der Waals surface area (Å²) in [5.41, 5.74) is 11.2. The Morgan fingerprint density at radius 1 is 1.06 bits per heavy atom. The summed E-state index contributed by atoms with van der Waals surface area (Å²) in [5, 5.41) is 11.9. The van der Waals surface area contributed by atoms with Crippen molar-refractivity contribution in [2.75, 3.05) is 14.1 Å². The smallest absolute Gasteiger partial charge is 0.293 e. The molecule has 3 aromatic carbocycles. The maximum Gasteiger partial charge on any atom is 0.293 e. The van der Waals surface area contributed by atoms with Crippen molar-refractivity contribution in [2.45, 2.75) is 19.9 Å². The van der Waals surface area contributed by atoms with Gasteiger partial charge in [0.2, 0.25) is 0 Å². The van der Waals surface area contributed by atoms with Crippen molar-refractivity contribution in [2.24, 2.45) is 16.6 Å². The fourth-order valence-electron chi connectivity index (χ4n) is 4.23. The van der Waals surface area contributed by atoms with Gasteiger partial charge in [0, 0.05) is 28.9 Å². The molecule has 0 saturated carbocycles. The van der Waals surface area contributed by atoms with Gasteiger partial charge < -0.3 is 20.7 Å². The summed E-state index contributed by atoms with van der Waals surface area (Å²) in [6.45, 7) is 2.80. The van der Waals surface area contributed by atoms with E-state index in [0.717, 1.165) is 34.3 Å². The molecule has 0 spiro atoms. The molecule has 4 N–H and O–H groups in total. The Morgan fingerprint density at radius 3 is 2.42 bits per heavy atom. The summed E-state index contributed by atoms with van der Waals surface area (Å²) in [6.07, 6.45) is 0.657. The maximum atomic E-state index is 11.0. The first-order valence-corrected chi connectivity index (χ1v) is 11.8. The molecule has 0 aliphatic rings. The van der Waals surface area contributed by atoms with Gasteiger partial charge in [-0.25, -0.2) is 4.99 Å². The van der Waals surface area contributed by atoms with Gasteiger partial charge in [-0.2, -0.15) is 0 Å². The normalized spacial score (nSPS) is 12.4. The standard InChI is InChI=1S/C30H30N4O2/c1-20(9-16-27(31)35)17-22-12-15-25-26(18-22)33-30(36)28(25)29(23-7-5-4-6-8-23)32-24-13-10-21(11-14-24)19-34(2)3/h4-8,10-15,18,20,33,36H,17,19H2,1-3H3,(H2,31,35). The summed E-state index contributed by atoms with van der Waals surface area (Å²) in [4.78, 5) is 21.2. The number of carbonyl (C=O) groups is 1. The van der Waals surface area contributed by atoms with Crippen molar-refractivity contribution in [3.05, 3.63) is 95.1 Å². The van der Waals surface area contributed by atoms with Crippen LogP contribution in [0.2, 0.25) is 0 Å². The van der Waals surface area contributed by atoms with Gasteiger partial charge in [-0.15, -0.1) is 0 Å². The first kappa shape index (κ1) is 24.8. The van der Waals surface area contributed by atoms with Gasteiger partial charge in [0.25, 0.3) is 5.91 Å². The zero-order valence-electron chi connectivity index (χ0n) is 20.7. The predicted molar refractivity (Wildman–Crippen MR) is 145 cm³/mol. The lowest BCUT2D eigenvalue weighted by molar-refractivity contribution is -0.112. The lowest BCUT2D eigenvalue weighted by atomic mass is 9.97. The van der Waals surface area contributed by atoms with Crippen molar-refractivity contribution < 1.29 is 9.90 Å². The van der Waals surface area contributed by atoms with E-state index in [4.69, 9.17) is 10.7 Å². The third-order valence-corrected chi connectivity index (χ3v) is 5.79. The van der Waals surface area contributed by atoms with Crippen molar-refractivity contribution >= 4 is 28.2 Å². The number of aromatic nitrogens is 1. The first-order chi connectivity index (χ1) is 17.3. The van der Waals surface area contributed by atoms with Crippen LogP contribution in [0, 0.1) is 17.8 Å². The molecule has 0 bridgehead atoms. The largest absolute Gasteiger partial charge is 0.494 e. The minimum absolute atomic E-state index is 0.0325. The summed E-state index contributed by atoms with van der Waals surface area (Å²) in [6, 6.07) is 24.0. The van der Waals surface area contributed by atoms with E-state index in [1.165, 1.54) is 5.56 Å². The second-order valence-corrected chi connectivity index (χ2v) is 9.20. The molecule has 0 aliphatic heterocycles. The van der Waals surface area contributed by atoms with Gasteiger partial charge in [0.05, 0.1) is 17.0 Å². The quantitative estimate of drug-likeness (QED) is 0.264. The Labute approximate surface area is 211 Å². The Bertz CT molecular complexity index is 1460. The molecule has 6 heteroatoms. The van der Waals surface area contributed by atoms with Crippen LogP contribution in [0.15, 0.2) is 77.8 Å². The minimum atomic E-state index is -0.628. The van der Waals surface area contributed by atoms with Crippen LogP contribution in [0.3, 0.4) is 0 Å². The first-order valence-electron chi connectivity index (χ1n) is 11.8. The average Bonchev–Trinajstić information content (AvgIpc) is 3.17. The van der Waals surface area contributed by atoms with Gasteiger partial charge in [-0.1, -0.05) is 67.4 Å². The maximum absolute atomic E-state index is 11.0. The Morgan fingerprint density at radius 2 is 1.75 bits per heavy atom. The van der Waals surface area contributed by atoms with Crippen LogP contribution in [-0.4, -0.2) is 40.7 Å². The number of hydrogen-bond acceptors (Lipinski definition) is 4. The Hall–Kier alpha value is -4.34. The van der Waals surface area contributed by atoms with Crippen LogP contribution in [0.25, 0.3) is 10.9 Å². The highest BCUT2D eigenvalue weighted by atomic mass is 16.3. The third-order valence-electron chi connectivity index (χ3n) is 5.79. The van der Waals surface area contributed by atoms with Crippen molar-refractivity contribution in [3.63, 3.8) is 0 Å². The SMILES string of the molecule is CC(C#CC(N)=O)Cc1ccc2c(C(=Nc3ccc(CN(C)C)cc3)c3ccccc3)c(O)[nH]c2c1. The van der Waals surface area contributed by atoms with E-state index in [9.17, 15) is 9.90 Å². The molecule has 1 atom stereocenters. The number of nitrogens with zero attached hydrogens (tertiary/aromatic N) is 2. The van der Waals surface area contributed by atoms with Crippen molar-refractivity contribution in [1.82, 2.24) is 9.88 Å². The van der Waals surface area contributed by atoms with Gasteiger partial charge in [-0.05, 0) is 55.8 Å². The molecule has 0 radical (unpaired) electrons. The van der Waals surface area contributed by atoms with Crippen LogP contribution in [0.5, 0.6) is 5.88 Å². The van der Waals surface area contributed by atoms with Crippen LogP contribution < -0.4 is 5.73 Å². The summed E-state index contributed by atoms with van der Waals surface area (Å²) in [7, 11) is 4.08. The van der Waals surface area contributed by atoms with E-state index >= 15 is 0 Å². The topological polar surface area (TPSA) is 94.7 Å². The molecule has 1 aromatic heterocycles. The average molecular weight is 479 g/mol. The number of hydrogen-bond donors (Lipinski definition) is 3. The van der Waals surface area contributed by atoms with Gasteiger partial charge >= 0.3 is 0 Å². The van der Waals surface area contributed by atoms with Crippen LogP contribution in [0.1, 0.15) is 29.2 Å². The van der Waals surface area contributed by atoms with Crippen molar-refractivity contribution in [3.8, 4) is 17.7 Å². The third kappa shape index (κ3) is 6.01. The molecule has 1 heterocycles. The summed E-state index contributed by atoms with van der Waals surface area (Å²) in [5.74, 6) is 4.68. The predicted octanol–water partition coefficient (Wildman–Crippen LogP) is 4.77. The molecule has 4 rings (SSSR count). The molecule has 1 unspecified atom stereocenters. The number of primary amides is 1. The molecule has 0 fully saturated rings. The number of nitrogens with two attached hydrogens (primary N) is 1. The van der Waals surface area contributed by atoms with E-state index in [1.54, 1.807) is 0 Å². The van der Waals surface area contributed by atoms with E-state index in [-0.39, 0.29) is 11.8 Å². The van der Waals surface area contributed by atoms with Crippen molar-refractivity contribution in [1.29, 1.82) is 0 Å². The molecule has 36 heavy (non-hydrogen) atoms. The summed E-state index contributed by atoms with van der Waals surface area (Å²) < 4.78 is 0. The fraction of sp³-hybridized carbons (Fsp3) is 0.200. The molecule has 6 nitrogen and oxygen atoms in total. The monoisotopic (exact) mass is 478 g/mol. The molecule has 0 aliphatic carbocycles. The highest BCUT2D eigenvalue weighted by molar-refractivity contribution is 6.21. The number of rotatable bonds is 7. The molecule has 182 valence electrons. The highest BCUT2D eigenvalue weighted by Crippen LogP contribution is 2.32. The number of nitrogens with one attached hydrogen (secondary N) is 1. The molecular formula is C30H30N4O2. The fourth-order valence-corrected chi connectivity index (χ4v) is 4.23. The zero-order valence-corrected chi connectivity index (χ0v) is 20.7. The molecule has 0 saturated heterocycles. The van der Waals surface area contributed by atoms with Gasteiger partial charge in [0.1, 0.15) is 0 Å². The van der Waals surface area contributed by atoms with Gasteiger partial charge in [0.15, 0.2) is 5.88 Å². The highest BCUT2D eigenvalue weighted by Gasteiger charge is 2.19. The van der Waals surface area contributed by atoms with Crippen LogP contribution in [0.4, 0.5) is 5.69 Å². The number of aromatic hydroxyl groups is 1. The number of amides is 1. The minimum Gasteiger partial charge on any atom is -0.494 e.